The molecule has 3 atom stereocenters. The normalized spacial score (nSPS) is 23.9. The van der Waals surface area contributed by atoms with Gasteiger partial charge in [-0.2, -0.15) is 0 Å². The maximum Gasteiger partial charge on any atom is 0.328 e. The first kappa shape index (κ1) is 11.7. The molecule has 1 saturated carbocycles. The van der Waals surface area contributed by atoms with Crippen LogP contribution in [0.5, 0.6) is 0 Å². The zero-order valence-corrected chi connectivity index (χ0v) is 9.80. The van der Waals surface area contributed by atoms with Crippen LogP contribution in [0.2, 0.25) is 0 Å². The Bertz CT molecular complexity index is 412. The van der Waals surface area contributed by atoms with Crippen LogP contribution in [0.15, 0.2) is 22.8 Å². The van der Waals surface area contributed by atoms with Crippen molar-refractivity contribution in [3.05, 3.63) is 24.2 Å². The first-order chi connectivity index (χ1) is 8.13. The Morgan fingerprint density at radius 3 is 2.94 bits per heavy atom. The van der Waals surface area contributed by atoms with E-state index in [0.29, 0.717) is 0 Å². The first-order valence-corrected chi connectivity index (χ1v) is 5.55. The molecule has 2 rings (SSSR count). The van der Waals surface area contributed by atoms with Crippen molar-refractivity contribution in [2.75, 3.05) is 7.11 Å². The summed E-state index contributed by atoms with van der Waals surface area (Å²) in [5, 5.41) is 2.63. The second kappa shape index (κ2) is 4.61. The predicted octanol–water partition coefficient (Wildman–Crippen LogP) is 1.06. The molecule has 0 bridgehead atoms. The summed E-state index contributed by atoms with van der Waals surface area (Å²) in [4.78, 5) is 22.9. The molecular formula is C12H15NO4. The molecule has 0 unspecified atom stereocenters. The molecule has 0 aromatic carbocycles. The molecule has 0 aliphatic heterocycles. The second-order valence-electron chi connectivity index (χ2n) is 4.22. The van der Waals surface area contributed by atoms with Gasteiger partial charge in [-0.25, -0.2) is 4.79 Å². The number of nitrogens with one attached hydrogen (secondary N) is 1. The fraction of sp³-hybridized carbons (Fsp3) is 0.500. The molecule has 5 nitrogen and oxygen atoms in total. The number of ether oxygens (including phenoxy) is 1. The maximum atomic E-state index is 11.8. The fourth-order valence-corrected chi connectivity index (χ4v) is 1.86. The second-order valence-corrected chi connectivity index (χ2v) is 4.22. The van der Waals surface area contributed by atoms with Crippen LogP contribution in [0.1, 0.15) is 25.0 Å². The fourth-order valence-electron chi connectivity index (χ4n) is 1.86. The van der Waals surface area contributed by atoms with Crippen LogP contribution in [0.4, 0.5) is 0 Å². The first-order valence-electron chi connectivity index (χ1n) is 5.55. The quantitative estimate of drug-likeness (QED) is 0.795. The number of carbonyl (C=O) groups is 2. The van der Waals surface area contributed by atoms with Crippen LogP contribution < -0.4 is 5.32 Å². The van der Waals surface area contributed by atoms with Gasteiger partial charge in [-0.15, -0.1) is 0 Å². The third-order valence-electron chi connectivity index (χ3n) is 2.95. The van der Waals surface area contributed by atoms with Gasteiger partial charge in [-0.3, -0.25) is 4.79 Å². The average Bonchev–Trinajstić information content (AvgIpc) is 2.95. The van der Waals surface area contributed by atoms with Crippen molar-refractivity contribution in [3.8, 4) is 0 Å². The van der Waals surface area contributed by atoms with Crippen molar-refractivity contribution >= 4 is 11.9 Å². The Hall–Kier alpha value is -1.78. The smallest absolute Gasteiger partial charge is 0.328 e. The minimum absolute atomic E-state index is 0.0896. The third-order valence-corrected chi connectivity index (χ3v) is 2.95. The molecule has 1 aromatic heterocycles. The number of rotatable bonds is 4. The number of hydrogen-bond donors (Lipinski definition) is 1. The monoisotopic (exact) mass is 237 g/mol. The number of carbonyl (C=O) groups excluding carboxylic acids is 2. The van der Waals surface area contributed by atoms with Gasteiger partial charge in [-0.1, -0.05) is 0 Å². The number of amides is 1. The van der Waals surface area contributed by atoms with Gasteiger partial charge >= 0.3 is 5.97 Å². The lowest BCUT2D eigenvalue weighted by Gasteiger charge is -2.10. The highest BCUT2D eigenvalue weighted by atomic mass is 16.5. The molecule has 1 aromatic rings. The van der Waals surface area contributed by atoms with E-state index in [0.717, 1.165) is 12.2 Å². The van der Waals surface area contributed by atoms with E-state index in [9.17, 15) is 9.59 Å². The minimum Gasteiger partial charge on any atom is -0.469 e. The van der Waals surface area contributed by atoms with Gasteiger partial charge < -0.3 is 14.5 Å². The van der Waals surface area contributed by atoms with Crippen LogP contribution in [-0.2, 0) is 14.3 Å². The zero-order valence-electron chi connectivity index (χ0n) is 9.80. The van der Waals surface area contributed by atoms with Crippen LogP contribution in [0.3, 0.4) is 0 Å². The standard InChI is InChI=1S/C12H15NO4/c1-7(12(15)16-2)13-11(14)9-6-8(9)10-4-3-5-17-10/h3-5,7-9H,6H2,1-2H3,(H,13,14)/t7-,8+,9+/m1/s1. The highest BCUT2D eigenvalue weighted by Gasteiger charge is 2.46. The summed E-state index contributed by atoms with van der Waals surface area (Å²) < 4.78 is 9.78. The SMILES string of the molecule is COC(=O)[C@@H](C)NC(=O)[C@H]1C[C@@H]1c1ccco1. The molecule has 5 heteroatoms. The molecule has 1 aliphatic carbocycles. The third kappa shape index (κ3) is 2.49. The Labute approximate surface area is 99.1 Å². The van der Waals surface area contributed by atoms with Gasteiger partial charge in [0.2, 0.25) is 5.91 Å². The maximum absolute atomic E-state index is 11.8. The predicted molar refractivity (Wildman–Crippen MR) is 59.2 cm³/mol. The molecule has 92 valence electrons. The largest absolute Gasteiger partial charge is 0.469 e. The average molecular weight is 237 g/mol. The molecule has 1 heterocycles. The summed E-state index contributed by atoms with van der Waals surface area (Å²) in [6, 6.07) is 3.06. The molecule has 0 saturated heterocycles. The Morgan fingerprint density at radius 1 is 1.59 bits per heavy atom. The van der Waals surface area contributed by atoms with E-state index in [2.05, 4.69) is 10.1 Å². The van der Waals surface area contributed by atoms with Gasteiger partial charge in [0.05, 0.1) is 13.4 Å². The van der Waals surface area contributed by atoms with E-state index in [-0.39, 0.29) is 17.7 Å². The van der Waals surface area contributed by atoms with Crippen molar-refractivity contribution in [2.45, 2.75) is 25.3 Å². The van der Waals surface area contributed by atoms with Gasteiger partial charge in [0.15, 0.2) is 0 Å². The number of esters is 1. The molecular weight excluding hydrogens is 222 g/mol. The van der Waals surface area contributed by atoms with Crippen molar-refractivity contribution in [3.63, 3.8) is 0 Å². The van der Waals surface area contributed by atoms with Crippen LogP contribution in [-0.4, -0.2) is 25.0 Å². The van der Waals surface area contributed by atoms with Gasteiger partial charge in [0, 0.05) is 11.8 Å². The Morgan fingerprint density at radius 2 is 2.35 bits per heavy atom. The molecule has 1 amide bonds. The summed E-state index contributed by atoms with van der Waals surface area (Å²) in [6.07, 6.45) is 2.37. The van der Waals surface area contributed by atoms with Gasteiger partial charge in [0.1, 0.15) is 11.8 Å². The lowest BCUT2D eigenvalue weighted by atomic mass is 10.2. The summed E-state index contributed by atoms with van der Waals surface area (Å²) in [5.74, 6) is 0.330. The lowest BCUT2D eigenvalue weighted by molar-refractivity contribution is -0.144. The molecule has 0 spiro atoms. The van der Waals surface area contributed by atoms with E-state index in [4.69, 9.17) is 4.42 Å². The van der Waals surface area contributed by atoms with E-state index in [1.165, 1.54) is 7.11 Å². The lowest BCUT2D eigenvalue weighted by Crippen LogP contribution is -2.40. The summed E-state index contributed by atoms with van der Waals surface area (Å²) >= 11 is 0. The minimum atomic E-state index is -0.606. The van der Waals surface area contributed by atoms with Crippen LogP contribution >= 0.6 is 0 Å². The van der Waals surface area contributed by atoms with E-state index in [1.807, 2.05) is 6.07 Å². The molecule has 1 aliphatic rings. The van der Waals surface area contributed by atoms with E-state index in [1.54, 1.807) is 19.3 Å². The van der Waals surface area contributed by atoms with Crippen LogP contribution in [0, 0.1) is 5.92 Å². The van der Waals surface area contributed by atoms with Crippen molar-refractivity contribution < 1.29 is 18.7 Å². The Balaban J connectivity index is 1.85. The van der Waals surface area contributed by atoms with Crippen LogP contribution in [0.25, 0.3) is 0 Å². The number of furan rings is 1. The van der Waals surface area contributed by atoms with Gasteiger partial charge in [-0.05, 0) is 25.5 Å². The topological polar surface area (TPSA) is 68.5 Å². The van der Waals surface area contributed by atoms with Crippen molar-refractivity contribution in [1.29, 1.82) is 0 Å². The molecule has 0 radical (unpaired) electrons. The number of methoxy groups -OCH3 is 1. The zero-order chi connectivity index (χ0) is 12.4. The molecule has 17 heavy (non-hydrogen) atoms. The summed E-state index contributed by atoms with van der Waals surface area (Å²) in [7, 11) is 1.30. The summed E-state index contributed by atoms with van der Waals surface area (Å²) in [5.41, 5.74) is 0. The van der Waals surface area contributed by atoms with Crippen molar-refractivity contribution in [1.82, 2.24) is 5.32 Å². The van der Waals surface area contributed by atoms with Gasteiger partial charge in [0.25, 0.3) is 0 Å². The Kier molecular flexibility index (Phi) is 3.17. The van der Waals surface area contributed by atoms with E-state index >= 15 is 0 Å². The van der Waals surface area contributed by atoms with E-state index < -0.39 is 12.0 Å². The molecule has 1 N–H and O–H groups in total. The number of hydrogen-bond acceptors (Lipinski definition) is 4. The highest BCUT2D eigenvalue weighted by Crippen LogP contribution is 2.47. The highest BCUT2D eigenvalue weighted by molar-refractivity contribution is 5.87. The molecule has 1 fully saturated rings. The van der Waals surface area contributed by atoms with Crippen molar-refractivity contribution in [2.24, 2.45) is 5.92 Å². The summed E-state index contributed by atoms with van der Waals surface area (Å²) in [6.45, 7) is 1.61.